The molecule has 0 radical (unpaired) electrons. The molecule has 114 valence electrons. The monoisotopic (exact) mass is 282 g/mol. The van der Waals surface area contributed by atoms with Crippen LogP contribution >= 0.6 is 0 Å². The van der Waals surface area contributed by atoms with Gasteiger partial charge in [0.2, 0.25) is 5.88 Å². The lowest BCUT2D eigenvalue weighted by molar-refractivity contribution is 0.0533. The van der Waals surface area contributed by atoms with Crippen LogP contribution in [0.15, 0.2) is 18.3 Å². The average molecular weight is 282 g/mol. The third-order valence-corrected chi connectivity index (χ3v) is 3.17. The van der Waals surface area contributed by atoms with Crippen molar-refractivity contribution in [1.82, 2.24) is 9.88 Å². The topological polar surface area (TPSA) is 25.4 Å². The summed E-state index contributed by atoms with van der Waals surface area (Å²) < 4.78 is 18.1. The lowest BCUT2D eigenvalue weighted by Crippen LogP contribution is -2.49. The maximum absolute atomic E-state index is 12.6. The number of nitrogens with zero attached hydrogens (tertiary/aromatic N) is 2. The molecule has 0 unspecified atom stereocenters. The van der Waals surface area contributed by atoms with E-state index in [4.69, 9.17) is 4.74 Å². The number of rotatable bonds is 4. The van der Waals surface area contributed by atoms with Crippen LogP contribution in [-0.4, -0.2) is 42.3 Å². The van der Waals surface area contributed by atoms with Gasteiger partial charge in [0, 0.05) is 31.9 Å². The lowest BCUT2D eigenvalue weighted by atomic mass is 9.88. The highest BCUT2D eigenvalue weighted by Crippen LogP contribution is 2.22. The Hall–Kier alpha value is -1.16. The van der Waals surface area contributed by atoms with E-state index >= 15 is 0 Å². The Morgan fingerprint density at radius 1 is 1.30 bits per heavy atom. The van der Waals surface area contributed by atoms with Gasteiger partial charge in [-0.25, -0.2) is 9.37 Å². The van der Waals surface area contributed by atoms with Crippen molar-refractivity contribution >= 4 is 0 Å². The van der Waals surface area contributed by atoms with Gasteiger partial charge in [-0.3, -0.25) is 4.90 Å². The number of hydrogen-bond acceptors (Lipinski definition) is 3. The third-order valence-electron chi connectivity index (χ3n) is 3.17. The number of pyridine rings is 1. The normalized spacial score (nSPS) is 16.1. The van der Waals surface area contributed by atoms with E-state index in [0.717, 1.165) is 6.54 Å². The van der Waals surface area contributed by atoms with Crippen molar-refractivity contribution in [3.63, 3.8) is 0 Å². The first kappa shape index (κ1) is 16.9. The Balaban J connectivity index is 0.000000956. The second-order valence-electron chi connectivity index (χ2n) is 5.84. The standard InChI is InChI=1S/C14H21FN2O.C2H6/c1-14(2,3)11-4-5-13(16-8-11)18-7-6-17-9-12(15)10-17;1-2/h4-5,8,12H,6-7,9-10H2,1-3H3;1-2H3. The third kappa shape index (κ3) is 5.08. The zero-order valence-corrected chi connectivity index (χ0v) is 13.3. The summed E-state index contributed by atoms with van der Waals surface area (Å²) in [6.07, 6.45) is 1.21. The average Bonchev–Trinajstić information content (AvgIpc) is 2.38. The van der Waals surface area contributed by atoms with E-state index in [9.17, 15) is 4.39 Å². The molecule has 1 aromatic heterocycles. The van der Waals surface area contributed by atoms with Gasteiger partial charge in [-0.15, -0.1) is 0 Å². The zero-order valence-electron chi connectivity index (χ0n) is 13.3. The predicted molar refractivity (Wildman–Crippen MR) is 81.1 cm³/mol. The van der Waals surface area contributed by atoms with Crippen molar-refractivity contribution in [2.75, 3.05) is 26.2 Å². The summed E-state index contributed by atoms with van der Waals surface area (Å²) >= 11 is 0. The van der Waals surface area contributed by atoms with Gasteiger partial charge < -0.3 is 4.74 Å². The molecule has 0 spiro atoms. The van der Waals surface area contributed by atoms with Crippen LogP contribution in [0, 0.1) is 0 Å². The van der Waals surface area contributed by atoms with Crippen LogP contribution in [0.5, 0.6) is 5.88 Å². The van der Waals surface area contributed by atoms with Crippen molar-refractivity contribution in [3.05, 3.63) is 23.9 Å². The predicted octanol–water partition coefficient (Wildman–Crippen LogP) is 3.44. The molecule has 1 fully saturated rings. The van der Waals surface area contributed by atoms with Gasteiger partial charge in [0.1, 0.15) is 12.8 Å². The van der Waals surface area contributed by atoms with Crippen LogP contribution in [0.25, 0.3) is 0 Å². The van der Waals surface area contributed by atoms with Crippen LogP contribution in [0.1, 0.15) is 40.2 Å². The van der Waals surface area contributed by atoms with Crippen LogP contribution < -0.4 is 4.74 Å². The number of ether oxygens (including phenoxy) is 1. The second kappa shape index (κ2) is 7.58. The SMILES string of the molecule is CC.CC(C)(C)c1ccc(OCCN2CC(F)C2)nc1. The Kier molecular flexibility index (Phi) is 6.40. The number of hydrogen-bond donors (Lipinski definition) is 0. The Bertz CT molecular complexity index is 380. The summed E-state index contributed by atoms with van der Waals surface area (Å²) in [6.45, 7) is 12.9. The minimum atomic E-state index is -0.644. The highest BCUT2D eigenvalue weighted by molar-refractivity contribution is 5.23. The number of likely N-dealkylation sites (tertiary alicyclic amines) is 1. The van der Waals surface area contributed by atoms with Crippen LogP contribution in [-0.2, 0) is 5.41 Å². The molecule has 0 aliphatic carbocycles. The molecule has 0 amide bonds. The van der Waals surface area contributed by atoms with Crippen LogP contribution in [0.4, 0.5) is 4.39 Å². The van der Waals surface area contributed by atoms with E-state index in [1.54, 1.807) is 0 Å². The summed E-state index contributed by atoms with van der Waals surface area (Å²) in [4.78, 5) is 6.32. The van der Waals surface area contributed by atoms with Gasteiger partial charge in [0.15, 0.2) is 0 Å². The zero-order chi connectivity index (χ0) is 15.2. The molecule has 2 rings (SSSR count). The van der Waals surface area contributed by atoms with E-state index < -0.39 is 6.17 Å². The van der Waals surface area contributed by atoms with E-state index in [-0.39, 0.29) is 5.41 Å². The summed E-state index contributed by atoms with van der Waals surface area (Å²) in [6, 6.07) is 3.94. The maximum atomic E-state index is 12.6. The maximum Gasteiger partial charge on any atom is 0.213 e. The van der Waals surface area contributed by atoms with E-state index in [1.807, 2.05) is 37.1 Å². The molecule has 4 heteroatoms. The molecule has 0 aromatic carbocycles. The van der Waals surface area contributed by atoms with Crippen molar-refractivity contribution in [2.24, 2.45) is 0 Å². The Morgan fingerprint density at radius 2 is 1.95 bits per heavy atom. The molecular formula is C16H27FN2O. The van der Waals surface area contributed by atoms with Crippen molar-refractivity contribution in [3.8, 4) is 5.88 Å². The molecule has 2 heterocycles. The summed E-state index contributed by atoms with van der Waals surface area (Å²) in [5.74, 6) is 0.639. The summed E-state index contributed by atoms with van der Waals surface area (Å²) in [5, 5.41) is 0. The first-order chi connectivity index (χ1) is 9.45. The smallest absolute Gasteiger partial charge is 0.213 e. The summed E-state index contributed by atoms with van der Waals surface area (Å²) in [7, 11) is 0. The minimum Gasteiger partial charge on any atom is -0.476 e. The van der Waals surface area contributed by atoms with Crippen LogP contribution in [0.2, 0.25) is 0 Å². The van der Waals surface area contributed by atoms with E-state index in [0.29, 0.717) is 25.6 Å². The second-order valence-corrected chi connectivity index (χ2v) is 5.84. The van der Waals surface area contributed by atoms with Gasteiger partial charge in [0.05, 0.1) is 0 Å². The molecule has 0 saturated carbocycles. The van der Waals surface area contributed by atoms with Crippen LogP contribution in [0.3, 0.4) is 0 Å². The van der Waals surface area contributed by atoms with Gasteiger partial charge in [-0.1, -0.05) is 40.7 Å². The molecule has 1 saturated heterocycles. The fraction of sp³-hybridized carbons (Fsp3) is 0.688. The molecule has 3 nitrogen and oxygen atoms in total. The van der Waals surface area contributed by atoms with Crippen molar-refractivity contribution in [2.45, 2.75) is 46.2 Å². The minimum absolute atomic E-state index is 0.110. The first-order valence-corrected chi connectivity index (χ1v) is 7.41. The fourth-order valence-corrected chi connectivity index (χ4v) is 1.88. The quantitative estimate of drug-likeness (QED) is 0.846. The largest absolute Gasteiger partial charge is 0.476 e. The van der Waals surface area contributed by atoms with Crippen molar-refractivity contribution in [1.29, 1.82) is 0 Å². The molecule has 20 heavy (non-hydrogen) atoms. The molecule has 0 N–H and O–H groups in total. The molecule has 1 aliphatic heterocycles. The Labute approximate surface area is 122 Å². The molecular weight excluding hydrogens is 255 g/mol. The van der Waals surface area contributed by atoms with Gasteiger partial charge in [-0.05, 0) is 11.0 Å². The first-order valence-electron chi connectivity index (χ1n) is 7.41. The number of alkyl halides is 1. The highest BCUT2D eigenvalue weighted by atomic mass is 19.1. The van der Waals surface area contributed by atoms with Gasteiger partial charge in [0.25, 0.3) is 0 Å². The van der Waals surface area contributed by atoms with E-state index in [2.05, 4.69) is 25.8 Å². The number of aromatic nitrogens is 1. The van der Waals surface area contributed by atoms with Crippen molar-refractivity contribution < 1.29 is 9.13 Å². The lowest BCUT2D eigenvalue weighted by Gasteiger charge is -2.33. The molecule has 0 bridgehead atoms. The molecule has 0 atom stereocenters. The fourth-order valence-electron chi connectivity index (χ4n) is 1.88. The van der Waals surface area contributed by atoms with Gasteiger partial charge in [-0.2, -0.15) is 0 Å². The molecule has 1 aliphatic rings. The van der Waals surface area contributed by atoms with Gasteiger partial charge >= 0.3 is 0 Å². The highest BCUT2D eigenvalue weighted by Gasteiger charge is 2.25. The summed E-state index contributed by atoms with van der Waals surface area (Å²) in [5.41, 5.74) is 1.30. The Morgan fingerprint density at radius 3 is 2.40 bits per heavy atom. The van der Waals surface area contributed by atoms with E-state index in [1.165, 1.54) is 5.56 Å². The number of halogens is 1. The molecule has 1 aromatic rings.